The highest BCUT2D eigenvalue weighted by atomic mass is 32.2. The van der Waals surface area contributed by atoms with Crippen molar-refractivity contribution in [1.82, 2.24) is 0 Å². The fourth-order valence-corrected chi connectivity index (χ4v) is 5.05. The minimum atomic E-state index is -0.321. The van der Waals surface area contributed by atoms with Crippen LogP contribution in [0.15, 0.2) is 42.5 Å². The Morgan fingerprint density at radius 3 is 2.71 bits per heavy atom. The van der Waals surface area contributed by atoms with Crippen LogP contribution in [0.5, 0.6) is 0 Å². The van der Waals surface area contributed by atoms with Crippen molar-refractivity contribution in [3.05, 3.63) is 59.4 Å². The van der Waals surface area contributed by atoms with E-state index in [1.54, 1.807) is 24.0 Å². The number of nitrogens with zero attached hydrogens (tertiary/aromatic N) is 1. The molecule has 1 aliphatic heterocycles. The Kier molecular flexibility index (Phi) is 5.40. The molecule has 1 N–H and O–H groups in total. The summed E-state index contributed by atoms with van der Waals surface area (Å²) in [5.74, 6) is 0.149. The van der Waals surface area contributed by atoms with E-state index in [1.165, 1.54) is 17.8 Å². The molecule has 1 aliphatic carbocycles. The maximum atomic E-state index is 14.1. The van der Waals surface area contributed by atoms with E-state index in [-0.39, 0.29) is 28.9 Å². The van der Waals surface area contributed by atoms with Gasteiger partial charge < -0.3 is 5.32 Å². The van der Waals surface area contributed by atoms with Gasteiger partial charge in [-0.05, 0) is 55.2 Å². The summed E-state index contributed by atoms with van der Waals surface area (Å²) in [5.41, 5.74) is 2.77. The molecule has 1 heterocycles. The van der Waals surface area contributed by atoms with Crippen molar-refractivity contribution in [3.8, 4) is 0 Å². The van der Waals surface area contributed by atoms with Gasteiger partial charge in [-0.15, -0.1) is 11.8 Å². The van der Waals surface area contributed by atoms with Crippen molar-refractivity contribution >= 4 is 35.0 Å². The Morgan fingerprint density at radius 2 is 1.96 bits per heavy atom. The van der Waals surface area contributed by atoms with Crippen LogP contribution >= 0.6 is 11.8 Å². The first-order valence-electron chi connectivity index (χ1n) is 9.63. The molecule has 2 fully saturated rings. The standard InChI is InChI=1S/C22H23FN2O2S/c1-14-9-10-18(12-19(14)23)25-20(26)13-28-22(25)16-7-4-8-17(11-16)24-21(27)15-5-2-3-6-15/h4,7-12,15,22H,2-3,5-6,13H2,1H3,(H,24,27). The van der Waals surface area contributed by atoms with E-state index in [9.17, 15) is 14.0 Å². The Bertz CT molecular complexity index is 911. The number of rotatable bonds is 4. The number of halogens is 1. The van der Waals surface area contributed by atoms with Gasteiger partial charge in [-0.2, -0.15) is 0 Å². The number of nitrogens with one attached hydrogen (secondary N) is 1. The zero-order valence-electron chi connectivity index (χ0n) is 15.8. The molecule has 0 radical (unpaired) electrons. The second-order valence-electron chi connectivity index (χ2n) is 7.46. The van der Waals surface area contributed by atoms with Crippen molar-refractivity contribution in [2.45, 2.75) is 38.0 Å². The molecule has 1 atom stereocenters. The van der Waals surface area contributed by atoms with E-state index in [2.05, 4.69) is 5.32 Å². The van der Waals surface area contributed by atoms with Gasteiger partial charge in [-0.25, -0.2) is 4.39 Å². The number of hydrogen-bond acceptors (Lipinski definition) is 3. The van der Waals surface area contributed by atoms with Crippen molar-refractivity contribution in [1.29, 1.82) is 0 Å². The first-order valence-corrected chi connectivity index (χ1v) is 10.7. The van der Waals surface area contributed by atoms with Gasteiger partial charge in [0.05, 0.1) is 5.75 Å². The molecule has 146 valence electrons. The zero-order chi connectivity index (χ0) is 19.7. The molecule has 0 bridgehead atoms. The third-order valence-electron chi connectivity index (χ3n) is 5.47. The van der Waals surface area contributed by atoms with Crippen molar-refractivity contribution in [2.75, 3.05) is 16.0 Å². The lowest BCUT2D eigenvalue weighted by Gasteiger charge is -2.25. The third kappa shape index (κ3) is 3.78. The third-order valence-corrected chi connectivity index (χ3v) is 6.68. The first kappa shape index (κ1) is 19.0. The van der Waals surface area contributed by atoms with E-state index >= 15 is 0 Å². The van der Waals surface area contributed by atoms with Crippen LogP contribution in [0.1, 0.15) is 42.2 Å². The van der Waals surface area contributed by atoms with E-state index in [0.29, 0.717) is 17.0 Å². The zero-order valence-corrected chi connectivity index (χ0v) is 16.6. The molecule has 2 aromatic carbocycles. The molecule has 0 spiro atoms. The van der Waals surface area contributed by atoms with Gasteiger partial charge in [0.25, 0.3) is 0 Å². The largest absolute Gasteiger partial charge is 0.326 e. The highest BCUT2D eigenvalue weighted by Gasteiger charge is 2.34. The molecule has 4 nitrogen and oxygen atoms in total. The molecule has 4 rings (SSSR count). The Balaban J connectivity index is 1.57. The SMILES string of the molecule is Cc1ccc(N2C(=O)CSC2c2cccc(NC(=O)C3CCCC3)c2)cc1F. The number of carbonyl (C=O) groups is 2. The Morgan fingerprint density at radius 1 is 1.18 bits per heavy atom. The molecule has 2 aromatic rings. The summed E-state index contributed by atoms with van der Waals surface area (Å²) in [7, 11) is 0. The highest BCUT2D eigenvalue weighted by Crippen LogP contribution is 2.42. The van der Waals surface area contributed by atoms with Crippen LogP contribution in [0, 0.1) is 18.7 Å². The molecule has 1 saturated heterocycles. The van der Waals surface area contributed by atoms with Crippen molar-refractivity contribution in [3.63, 3.8) is 0 Å². The van der Waals surface area contributed by atoms with Gasteiger partial charge in [0, 0.05) is 17.3 Å². The van der Waals surface area contributed by atoms with Crippen LogP contribution in [0.3, 0.4) is 0 Å². The average Bonchev–Trinajstić information content (AvgIpc) is 3.34. The maximum Gasteiger partial charge on any atom is 0.238 e. The Hall–Kier alpha value is -2.34. The molecule has 2 aliphatic rings. The summed E-state index contributed by atoms with van der Waals surface area (Å²) in [5, 5.41) is 2.78. The first-order chi connectivity index (χ1) is 13.5. The van der Waals surface area contributed by atoms with Crippen LogP contribution in [0.2, 0.25) is 0 Å². The van der Waals surface area contributed by atoms with E-state index in [0.717, 1.165) is 36.9 Å². The van der Waals surface area contributed by atoms with Crippen LogP contribution in [0.25, 0.3) is 0 Å². The lowest BCUT2D eigenvalue weighted by Crippen LogP contribution is -2.28. The van der Waals surface area contributed by atoms with E-state index in [1.807, 2.05) is 24.3 Å². The number of aryl methyl sites for hydroxylation is 1. The second-order valence-corrected chi connectivity index (χ2v) is 8.53. The maximum absolute atomic E-state index is 14.1. The predicted molar refractivity (Wildman–Crippen MR) is 111 cm³/mol. The van der Waals surface area contributed by atoms with Crippen molar-refractivity contribution < 1.29 is 14.0 Å². The molecular weight excluding hydrogens is 375 g/mol. The molecule has 28 heavy (non-hydrogen) atoms. The van der Waals surface area contributed by atoms with E-state index in [4.69, 9.17) is 0 Å². The summed E-state index contributed by atoms with van der Waals surface area (Å²) < 4.78 is 14.1. The van der Waals surface area contributed by atoms with Crippen LogP contribution in [-0.2, 0) is 9.59 Å². The van der Waals surface area contributed by atoms with Gasteiger partial charge in [0.15, 0.2) is 0 Å². The van der Waals surface area contributed by atoms with E-state index < -0.39 is 0 Å². The second kappa shape index (κ2) is 7.95. The normalized spacial score (nSPS) is 20.0. The minimum absolute atomic E-state index is 0.0429. The molecule has 6 heteroatoms. The average molecular weight is 399 g/mol. The number of carbonyl (C=O) groups excluding carboxylic acids is 2. The quantitative estimate of drug-likeness (QED) is 0.785. The van der Waals surface area contributed by atoms with Crippen LogP contribution < -0.4 is 10.2 Å². The number of hydrogen-bond donors (Lipinski definition) is 1. The smallest absolute Gasteiger partial charge is 0.238 e. The fourth-order valence-electron chi connectivity index (χ4n) is 3.88. The van der Waals surface area contributed by atoms with Gasteiger partial charge >= 0.3 is 0 Å². The minimum Gasteiger partial charge on any atom is -0.326 e. The lowest BCUT2D eigenvalue weighted by atomic mass is 10.1. The van der Waals surface area contributed by atoms with Crippen LogP contribution in [-0.4, -0.2) is 17.6 Å². The van der Waals surface area contributed by atoms with Gasteiger partial charge in [0.1, 0.15) is 11.2 Å². The summed E-state index contributed by atoms with van der Waals surface area (Å²) >= 11 is 1.51. The van der Waals surface area contributed by atoms with Crippen molar-refractivity contribution in [2.24, 2.45) is 5.92 Å². The molecular formula is C22H23FN2O2S. The topological polar surface area (TPSA) is 49.4 Å². The molecule has 1 unspecified atom stereocenters. The molecule has 0 aromatic heterocycles. The van der Waals surface area contributed by atoms with Gasteiger partial charge in [0.2, 0.25) is 11.8 Å². The number of amides is 2. The summed E-state index contributed by atoms with van der Waals surface area (Å²) in [4.78, 5) is 26.6. The fraction of sp³-hybridized carbons (Fsp3) is 0.364. The molecule has 2 amide bonds. The predicted octanol–water partition coefficient (Wildman–Crippen LogP) is 5.04. The number of anilines is 2. The molecule has 1 saturated carbocycles. The monoisotopic (exact) mass is 398 g/mol. The van der Waals surface area contributed by atoms with Crippen LogP contribution in [0.4, 0.5) is 15.8 Å². The summed E-state index contributed by atoms with van der Waals surface area (Å²) in [6.45, 7) is 1.70. The van der Waals surface area contributed by atoms with Gasteiger partial charge in [-0.1, -0.05) is 31.0 Å². The Labute approximate surface area is 168 Å². The number of benzene rings is 2. The summed E-state index contributed by atoms with van der Waals surface area (Å²) in [6.07, 6.45) is 4.12. The van der Waals surface area contributed by atoms with Gasteiger partial charge in [-0.3, -0.25) is 14.5 Å². The highest BCUT2D eigenvalue weighted by molar-refractivity contribution is 8.00. The number of thioether (sulfide) groups is 1. The summed E-state index contributed by atoms with van der Waals surface area (Å²) in [6, 6.07) is 12.5. The lowest BCUT2D eigenvalue weighted by molar-refractivity contribution is -0.119.